The smallest absolute Gasteiger partial charge is 0.163 e. The van der Waals surface area contributed by atoms with E-state index in [4.69, 9.17) is 14.7 Å². The molecule has 1 saturated carbocycles. The van der Waals surface area contributed by atoms with Crippen LogP contribution in [0.2, 0.25) is 0 Å². The van der Waals surface area contributed by atoms with Crippen LogP contribution in [0.25, 0.3) is 44.7 Å². The highest BCUT2D eigenvalue weighted by atomic mass is 19.1. The lowest BCUT2D eigenvalue weighted by molar-refractivity contribution is 0.0348. The minimum Gasteiger partial charge on any atom is -0.373 e. The Labute approximate surface area is 217 Å². The molecule has 0 radical (unpaired) electrons. The van der Waals surface area contributed by atoms with Crippen molar-refractivity contribution in [2.24, 2.45) is 0 Å². The van der Waals surface area contributed by atoms with Crippen molar-refractivity contribution in [1.29, 1.82) is 0 Å². The van der Waals surface area contributed by atoms with E-state index in [1.807, 2.05) is 24.5 Å². The molecule has 0 aromatic carbocycles. The maximum Gasteiger partial charge on any atom is 0.163 e. The van der Waals surface area contributed by atoms with Crippen LogP contribution in [-0.4, -0.2) is 68.3 Å². The molecule has 9 nitrogen and oxygen atoms in total. The van der Waals surface area contributed by atoms with Gasteiger partial charge in [0.05, 0.1) is 36.2 Å². The Morgan fingerprint density at radius 3 is 2.89 bits per heavy atom. The largest absolute Gasteiger partial charge is 0.373 e. The van der Waals surface area contributed by atoms with Crippen LogP contribution >= 0.6 is 0 Å². The fourth-order valence-electron chi connectivity index (χ4n) is 5.91. The zero-order chi connectivity index (χ0) is 25.2. The molecule has 7 heterocycles. The van der Waals surface area contributed by atoms with Crippen LogP contribution in [0.3, 0.4) is 0 Å². The first-order valence-electron chi connectivity index (χ1n) is 13.1. The number of pyridine rings is 3. The Morgan fingerprint density at radius 2 is 2.00 bits per heavy atom. The van der Waals surface area contributed by atoms with E-state index < -0.39 is 5.82 Å². The third-order valence-corrected chi connectivity index (χ3v) is 7.89. The molecule has 8 rings (SSSR count). The van der Waals surface area contributed by atoms with Crippen LogP contribution in [-0.2, 0) is 4.74 Å². The third kappa shape index (κ3) is 3.48. The normalized spacial score (nSPS) is 21.3. The first kappa shape index (κ1) is 22.0. The van der Waals surface area contributed by atoms with E-state index in [2.05, 4.69) is 30.2 Å². The lowest BCUT2D eigenvalue weighted by Gasteiger charge is -2.38. The summed E-state index contributed by atoms with van der Waals surface area (Å²) in [5.41, 5.74) is 4.33. The summed E-state index contributed by atoms with van der Waals surface area (Å²) >= 11 is 0. The van der Waals surface area contributed by atoms with Crippen molar-refractivity contribution in [3.8, 4) is 22.8 Å². The molecular formula is C28H25FN8O. The van der Waals surface area contributed by atoms with Crippen LogP contribution < -0.4 is 10.2 Å². The molecule has 5 aromatic rings. The molecule has 10 heteroatoms. The Balaban J connectivity index is 1.34. The number of rotatable bonds is 4. The molecule has 2 saturated heterocycles. The highest BCUT2D eigenvalue weighted by Crippen LogP contribution is 2.45. The average molecular weight is 509 g/mol. The minimum absolute atomic E-state index is 0.136. The topological polar surface area (TPSA) is 105 Å². The SMILES string of the molecule is Fc1cccnc1-c1cc2c(-c3nc(N4CCOC5CNCC54)c4c(C5CC5)cncc4n3)ccnc2[nH]1. The van der Waals surface area contributed by atoms with E-state index in [1.165, 1.54) is 24.5 Å². The number of nitrogens with zero attached hydrogens (tertiary/aromatic N) is 6. The Bertz CT molecular complexity index is 1700. The van der Waals surface area contributed by atoms with Gasteiger partial charge in [-0.3, -0.25) is 9.97 Å². The van der Waals surface area contributed by atoms with Gasteiger partial charge < -0.3 is 19.9 Å². The second-order valence-corrected chi connectivity index (χ2v) is 10.2. The maximum atomic E-state index is 14.5. The molecular weight excluding hydrogens is 483 g/mol. The second-order valence-electron chi connectivity index (χ2n) is 10.2. The van der Waals surface area contributed by atoms with Gasteiger partial charge in [0, 0.05) is 54.6 Å². The molecule has 2 unspecified atom stereocenters. The zero-order valence-electron chi connectivity index (χ0n) is 20.6. The van der Waals surface area contributed by atoms with Gasteiger partial charge in [0.2, 0.25) is 0 Å². The number of anilines is 1. The number of aromatic amines is 1. The summed E-state index contributed by atoms with van der Waals surface area (Å²) in [6, 6.07) is 6.98. The molecule has 5 aromatic heterocycles. The predicted octanol–water partition coefficient (Wildman–Crippen LogP) is 3.82. The molecule has 0 amide bonds. The summed E-state index contributed by atoms with van der Waals surface area (Å²) in [6.45, 7) is 3.12. The zero-order valence-corrected chi connectivity index (χ0v) is 20.6. The van der Waals surface area contributed by atoms with Gasteiger partial charge in [-0.05, 0) is 48.6 Å². The van der Waals surface area contributed by atoms with E-state index in [9.17, 15) is 4.39 Å². The van der Waals surface area contributed by atoms with Gasteiger partial charge in [-0.2, -0.15) is 0 Å². The molecule has 190 valence electrons. The Hall–Kier alpha value is -4.02. The molecule has 3 fully saturated rings. The van der Waals surface area contributed by atoms with Crippen molar-refractivity contribution in [2.75, 3.05) is 31.1 Å². The van der Waals surface area contributed by atoms with Crippen LogP contribution in [0.4, 0.5) is 10.2 Å². The number of morpholine rings is 1. The van der Waals surface area contributed by atoms with Crippen LogP contribution in [0.5, 0.6) is 0 Å². The number of aromatic nitrogens is 6. The minimum atomic E-state index is -0.393. The number of fused-ring (bicyclic) bond motifs is 3. The molecule has 38 heavy (non-hydrogen) atoms. The summed E-state index contributed by atoms with van der Waals surface area (Å²) in [5.74, 6) is 1.64. The first-order chi connectivity index (χ1) is 18.7. The van der Waals surface area contributed by atoms with Gasteiger partial charge in [-0.1, -0.05) is 0 Å². The van der Waals surface area contributed by atoms with Crippen molar-refractivity contribution in [3.63, 3.8) is 0 Å². The van der Waals surface area contributed by atoms with Gasteiger partial charge >= 0.3 is 0 Å². The molecule has 1 aliphatic carbocycles. The molecule has 2 N–H and O–H groups in total. The van der Waals surface area contributed by atoms with Crippen molar-refractivity contribution in [2.45, 2.75) is 30.9 Å². The quantitative estimate of drug-likeness (QED) is 0.378. The van der Waals surface area contributed by atoms with E-state index in [1.54, 1.807) is 18.5 Å². The van der Waals surface area contributed by atoms with Gasteiger partial charge in [-0.25, -0.2) is 19.3 Å². The lowest BCUT2D eigenvalue weighted by Crippen LogP contribution is -2.51. The van der Waals surface area contributed by atoms with Crippen LogP contribution in [0, 0.1) is 5.82 Å². The average Bonchev–Trinajstić information content (AvgIpc) is 3.51. The van der Waals surface area contributed by atoms with Gasteiger partial charge in [0.1, 0.15) is 17.2 Å². The summed E-state index contributed by atoms with van der Waals surface area (Å²) in [6.07, 6.45) is 9.60. The first-order valence-corrected chi connectivity index (χ1v) is 13.1. The van der Waals surface area contributed by atoms with Gasteiger partial charge in [0.25, 0.3) is 0 Å². The summed E-state index contributed by atoms with van der Waals surface area (Å²) < 4.78 is 20.6. The van der Waals surface area contributed by atoms with Crippen molar-refractivity contribution >= 4 is 27.8 Å². The van der Waals surface area contributed by atoms with Crippen molar-refractivity contribution < 1.29 is 9.13 Å². The number of H-pyrrole nitrogens is 1. The summed E-state index contributed by atoms with van der Waals surface area (Å²) in [7, 11) is 0. The van der Waals surface area contributed by atoms with E-state index >= 15 is 0 Å². The maximum absolute atomic E-state index is 14.5. The molecule has 3 aliphatic rings. The number of ether oxygens (including phenoxy) is 1. The third-order valence-electron chi connectivity index (χ3n) is 7.89. The molecule has 2 atom stereocenters. The second kappa shape index (κ2) is 8.50. The summed E-state index contributed by atoms with van der Waals surface area (Å²) in [5, 5.41) is 5.39. The highest BCUT2D eigenvalue weighted by Gasteiger charge is 2.39. The van der Waals surface area contributed by atoms with Crippen LogP contribution in [0.15, 0.2) is 49.1 Å². The Kier molecular flexibility index (Phi) is 4.92. The number of hydrogen-bond acceptors (Lipinski definition) is 8. The number of nitrogens with one attached hydrogen (secondary N) is 2. The van der Waals surface area contributed by atoms with Gasteiger partial charge in [-0.15, -0.1) is 0 Å². The fraction of sp³-hybridized carbons (Fsp3) is 0.321. The Morgan fingerprint density at radius 1 is 1.05 bits per heavy atom. The van der Waals surface area contributed by atoms with E-state index in [-0.39, 0.29) is 17.8 Å². The predicted molar refractivity (Wildman–Crippen MR) is 141 cm³/mol. The standard InChI is InChI=1S/C28H25FN8O/c29-19-2-1-6-32-25(19)20-10-17-16(5-7-33-26(17)34-20)27-35-21-12-30-11-18(15-3-4-15)24(21)28(36-27)37-8-9-38-23-14-31-13-22(23)37/h1-2,5-7,10-12,15,22-23,31H,3-4,8-9,13-14H2,(H,33,34). The molecule has 0 spiro atoms. The van der Waals surface area contributed by atoms with Crippen molar-refractivity contribution in [1.82, 2.24) is 35.2 Å². The van der Waals surface area contributed by atoms with Crippen molar-refractivity contribution in [3.05, 3.63) is 60.4 Å². The number of halogens is 1. The van der Waals surface area contributed by atoms with Gasteiger partial charge in [0.15, 0.2) is 11.6 Å². The summed E-state index contributed by atoms with van der Waals surface area (Å²) in [4.78, 5) is 29.2. The van der Waals surface area contributed by atoms with E-state index in [0.29, 0.717) is 29.7 Å². The molecule has 2 aliphatic heterocycles. The lowest BCUT2D eigenvalue weighted by atomic mass is 10.0. The monoisotopic (exact) mass is 508 g/mol. The molecule has 0 bridgehead atoms. The van der Waals surface area contributed by atoms with Crippen LogP contribution in [0.1, 0.15) is 24.3 Å². The number of hydrogen-bond donors (Lipinski definition) is 2. The fourth-order valence-corrected chi connectivity index (χ4v) is 5.91. The highest BCUT2D eigenvalue weighted by molar-refractivity contribution is 5.98. The van der Waals surface area contributed by atoms with E-state index in [0.717, 1.165) is 47.3 Å².